The lowest BCUT2D eigenvalue weighted by molar-refractivity contribution is -0.136. The molecular formula is C23H23N3O4S. The number of hydrogen-bond donors (Lipinski definition) is 0. The van der Waals surface area contributed by atoms with E-state index in [4.69, 9.17) is 9.47 Å². The first-order valence-corrected chi connectivity index (χ1v) is 11.1. The Kier molecular flexibility index (Phi) is 5.02. The highest BCUT2D eigenvalue weighted by Gasteiger charge is 2.38. The molecule has 8 heteroatoms. The highest BCUT2D eigenvalue weighted by atomic mass is 32.1. The first kappa shape index (κ1) is 19.8. The summed E-state index contributed by atoms with van der Waals surface area (Å²) in [4.78, 5) is 34.0. The molecule has 2 aliphatic rings. The lowest BCUT2D eigenvalue weighted by Crippen LogP contribution is -2.36. The van der Waals surface area contributed by atoms with Gasteiger partial charge in [0.05, 0.1) is 22.2 Å². The van der Waals surface area contributed by atoms with Crippen LogP contribution in [-0.4, -0.2) is 48.5 Å². The van der Waals surface area contributed by atoms with Crippen LogP contribution in [0.4, 0.5) is 5.69 Å². The summed E-state index contributed by atoms with van der Waals surface area (Å²) in [6.45, 7) is 3.34. The van der Waals surface area contributed by atoms with E-state index < -0.39 is 0 Å². The zero-order chi connectivity index (χ0) is 21.5. The fourth-order valence-corrected chi connectivity index (χ4v) is 5.10. The molecule has 1 saturated heterocycles. The molecule has 7 nitrogen and oxygen atoms in total. The molecule has 3 heterocycles. The van der Waals surface area contributed by atoms with Crippen molar-refractivity contribution in [1.82, 2.24) is 9.88 Å². The van der Waals surface area contributed by atoms with Gasteiger partial charge in [-0.15, -0.1) is 11.3 Å². The Morgan fingerprint density at radius 2 is 1.97 bits per heavy atom. The van der Waals surface area contributed by atoms with Gasteiger partial charge in [0.25, 0.3) is 0 Å². The summed E-state index contributed by atoms with van der Waals surface area (Å²) in [5.74, 6) is 0.824. The molecule has 3 aromatic rings. The number of thiazole rings is 1. The molecule has 0 spiro atoms. The molecule has 0 radical (unpaired) electrons. The second-order valence-corrected chi connectivity index (χ2v) is 8.94. The maximum Gasteiger partial charge on any atom is 0.228 e. The molecule has 2 aromatic carbocycles. The first-order valence-electron chi connectivity index (χ1n) is 10.3. The van der Waals surface area contributed by atoms with Crippen LogP contribution in [0.5, 0.6) is 11.5 Å². The summed E-state index contributed by atoms with van der Waals surface area (Å²) >= 11 is 1.60. The summed E-state index contributed by atoms with van der Waals surface area (Å²) in [7, 11) is 1.79. The van der Waals surface area contributed by atoms with E-state index in [9.17, 15) is 9.59 Å². The number of amides is 2. The van der Waals surface area contributed by atoms with Crippen LogP contribution < -0.4 is 14.4 Å². The summed E-state index contributed by atoms with van der Waals surface area (Å²) in [6.07, 6.45) is 0.199. The van der Waals surface area contributed by atoms with Gasteiger partial charge < -0.3 is 19.3 Å². The molecule has 31 heavy (non-hydrogen) atoms. The van der Waals surface area contributed by atoms with E-state index in [0.29, 0.717) is 31.3 Å². The van der Waals surface area contributed by atoms with Crippen molar-refractivity contribution < 1.29 is 19.1 Å². The number of aromatic nitrogens is 1. The van der Waals surface area contributed by atoms with Gasteiger partial charge in [0.1, 0.15) is 18.2 Å². The van der Waals surface area contributed by atoms with Gasteiger partial charge >= 0.3 is 0 Å². The molecule has 2 amide bonds. The molecule has 0 bridgehead atoms. The van der Waals surface area contributed by atoms with E-state index in [-0.39, 0.29) is 30.2 Å². The number of carbonyl (C=O) groups is 2. The fourth-order valence-electron chi connectivity index (χ4n) is 4.04. The normalized spacial score (nSPS) is 19.0. The number of hydrogen-bond acceptors (Lipinski definition) is 6. The highest BCUT2D eigenvalue weighted by Crippen LogP contribution is 2.37. The van der Waals surface area contributed by atoms with E-state index in [1.807, 2.05) is 49.4 Å². The second-order valence-electron chi connectivity index (χ2n) is 7.88. The van der Waals surface area contributed by atoms with Crippen molar-refractivity contribution in [2.45, 2.75) is 19.4 Å². The molecule has 0 N–H and O–H groups in total. The van der Waals surface area contributed by atoms with E-state index in [1.54, 1.807) is 28.2 Å². The Morgan fingerprint density at radius 3 is 2.77 bits per heavy atom. The van der Waals surface area contributed by atoms with Crippen molar-refractivity contribution in [2.75, 3.05) is 31.7 Å². The number of fused-ring (bicyclic) bond motifs is 2. The Hall–Kier alpha value is -3.13. The number of carbonyl (C=O) groups excluding carboxylic acids is 2. The standard InChI is InChI=1S/C23H23N3O4S/c1-14(22-24-17-5-3-4-6-20(17)31-22)25(2)23(28)15-11-21(27)26(13-15)16-7-8-18-19(12-16)30-10-9-29-18/h3-8,12,14-15H,9-11,13H2,1-2H3/t14-,15+/m0/s1. The predicted molar refractivity (Wildman–Crippen MR) is 119 cm³/mol. The molecule has 2 atom stereocenters. The van der Waals surface area contributed by atoms with Crippen molar-refractivity contribution in [2.24, 2.45) is 5.92 Å². The summed E-state index contributed by atoms with van der Waals surface area (Å²) in [5.41, 5.74) is 1.67. The van der Waals surface area contributed by atoms with Gasteiger partial charge in [0, 0.05) is 31.8 Å². The smallest absolute Gasteiger partial charge is 0.228 e. The average molecular weight is 438 g/mol. The zero-order valence-corrected chi connectivity index (χ0v) is 18.2. The Morgan fingerprint density at radius 1 is 1.19 bits per heavy atom. The third-order valence-corrected chi connectivity index (χ3v) is 7.11. The lowest BCUT2D eigenvalue weighted by Gasteiger charge is -2.26. The Balaban J connectivity index is 1.31. The summed E-state index contributed by atoms with van der Waals surface area (Å²) < 4.78 is 12.3. The van der Waals surface area contributed by atoms with Crippen LogP contribution >= 0.6 is 11.3 Å². The maximum absolute atomic E-state index is 13.2. The van der Waals surface area contributed by atoms with E-state index in [2.05, 4.69) is 4.98 Å². The first-order chi connectivity index (χ1) is 15.0. The largest absolute Gasteiger partial charge is 0.486 e. The predicted octanol–water partition coefficient (Wildman–Crippen LogP) is 3.64. The Labute approximate surface area is 184 Å². The lowest BCUT2D eigenvalue weighted by atomic mass is 10.1. The summed E-state index contributed by atoms with van der Waals surface area (Å²) in [6, 6.07) is 13.3. The number of rotatable bonds is 4. The molecule has 0 saturated carbocycles. The van der Waals surface area contributed by atoms with Crippen LogP contribution in [-0.2, 0) is 9.59 Å². The molecule has 1 aromatic heterocycles. The zero-order valence-electron chi connectivity index (χ0n) is 17.4. The number of anilines is 1. The molecule has 0 unspecified atom stereocenters. The SMILES string of the molecule is C[C@@H](c1nc2ccccc2s1)N(C)C(=O)[C@@H]1CC(=O)N(c2ccc3c(c2)OCCO3)C1. The maximum atomic E-state index is 13.2. The molecule has 0 aliphatic carbocycles. The van der Waals surface area contributed by atoms with Crippen LogP contribution in [0, 0.1) is 5.92 Å². The monoisotopic (exact) mass is 437 g/mol. The van der Waals surface area contributed by atoms with Crippen LogP contribution in [0.15, 0.2) is 42.5 Å². The third-order valence-electron chi connectivity index (χ3n) is 5.91. The molecule has 1 fully saturated rings. The van der Waals surface area contributed by atoms with Gasteiger partial charge in [-0.3, -0.25) is 9.59 Å². The van der Waals surface area contributed by atoms with Crippen molar-refractivity contribution in [3.8, 4) is 11.5 Å². The number of para-hydroxylation sites is 1. The van der Waals surface area contributed by atoms with Crippen molar-refractivity contribution in [3.63, 3.8) is 0 Å². The molecule has 160 valence electrons. The van der Waals surface area contributed by atoms with Gasteiger partial charge in [-0.1, -0.05) is 12.1 Å². The van der Waals surface area contributed by atoms with Gasteiger partial charge in [0.2, 0.25) is 11.8 Å². The van der Waals surface area contributed by atoms with E-state index >= 15 is 0 Å². The highest BCUT2D eigenvalue weighted by molar-refractivity contribution is 7.18. The number of nitrogens with zero attached hydrogens (tertiary/aromatic N) is 3. The van der Waals surface area contributed by atoms with E-state index in [0.717, 1.165) is 20.9 Å². The van der Waals surface area contributed by atoms with Crippen LogP contribution in [0.1, 0.15) is 24.4 Å². The minimum Gasteiger partial charge on any atom is -0.486 e. The minimum absolute atomic E-state index is 0.0415. The quantitative estimate of drug-likeness (QED) is 0.623. The van der Waals surface area contributed by atoms with Gasteiger partial charge in [-0.25, -0.2) is 4.98 Å². The Bertz CT molecular complexity index is 1130. The number of ether oxygens (including phenoxy) is 2. The van der Waals surface area contributed by atoms with Gasteiger partial charge in [0.15, 0.2) is 11.5 Å². The average Bonchev–Trinajstić information content (AvgIpc) is 3.41. The van der Waals surface area contributed by atoms with Gasteiger partial charge in [-0.2, -0.15) is 0 Å². The fraction of sp³-hybridized carbons (Fsp3) is 0.348. The van der Waals surface area contributed by atoms with Crippen LogP contribution in [0.2, 0.25) is 0 Å². The van der Waals surface area contributed by atoms with Crippen molar-refractivity contribution in [3.05, 3.63) is 47.5 Å². The number of benzene rings is 2. The van der Waals surface area contributed by atoms with Gasteiger partial charge in [-0.05, 0) is 31.2 Å². The second kappa shape index (κ2) is 7.85. The van der Waals surface area contributed by atoms with Crippen molar-refractivity contribution in [1.29, 1.82) is 0 Å². The molecule has 2 aliphatic heterocycles. The van der Waals surface area contributed by atoms with E-state index in [1.165, 1.54) is 0 Å². The van der Waals surface area contributed by atoms with Crippen LogP contribution in [0.25, 0.3) is 10.2 Å². The summed E-state index contributed by atoms with van der Waals surface area (Å²) in [5, 5.41) is 0.894. The topological polar surface area (TPSA) is 72.0 Å². The third kappa shape index (κ3) is 3.61. The molecular weight excluding hydrogens is 414 g/mol. The van der Waals surface area contributed by atoms with Crippen LogP contribution in [0.3, 0.4) is 0 Å². The molecule has 5 rings (SSSR count). The minimum atomic E-state index is -0.387. The van der Waals surface area contributed by atoms with Crippen molar-refractivity contribution >= 4 is 39.1 Å².